The molecule has 0 spiro atoms. The summed E-state index contributed by atoms with van der Waals surface area (Å²) in [6.07, 6.45) is 5.06. The summed E-state index contributed by atoms with van der Waals surface area (Å²) in [6, 6.07) is 11.6. The number of methoxy groups -OCH3 is 1. The molecule has 0 radical (unpaired) electrons. The Morgan fingerprint density at radius 2 is 1.88 bits per heavy atom. The van der Waals surface area contributed by atoms with E-state index in [0.717, 1.165) is 28.0 Å². The maximum absolute atomic E-state index is 12.8. The van der Waals surface area contributed by atoms with E-state index in [9.17, 15) is 4.79 Å². The predicted octanol–water partition coefficient (Wildman–Crippen LogP) is 3.58. The van der Waals surface area contributed by atoms with Gasteiger partial charge in [-0.05, 0) is 35.4 Å². The third-order valence-corrected chi connectivity index (χ3v) is 5.01. The van der Waals surface area contributed by atoms with E-state index in [2.05, 4.69) is 9.97 Å². The molecule has 0 aliphatic heterocycles. The highest BCUT2D eigenvalue weighted by Gasteiger charge is 2.12. The lowest BCUT2D eigenvalue weighted by Crippen LogP contribution is -2.20. The van der Waals surface area contributed by atoms with Crippen LogP contribution in [0.1, 0.15) is 5.56 Å². The fourth-order valence-corrected chi connectivity index (χ4v) is 3.69. The molecule has 0 aliphatic carbocycles. The molecule has 0 fully saturated rings. The zero-order valence-electron chi connectivity index (χ0n) is 13.5. The Kier molecular flexibility index (Phi) is 4.03. The van der Waals surface area contributed by atoms with Crippen molar-refractivity contribution in [1.82, 2.24) is 14.5 Å². The highest BCUT2D eigenvalue weighted by molar-refractivity contribution is 7.17. The summed E-state index contributed by atoms with van der Waals surface area (Å²) in [5, 5.41) is 1.98. The molecule has 0 amide bonds. The van der Waals surface area contributed by atoms with Crippen molar-refractivity contribution in [2.75, 3.05) is 7.11 Å². The predicted molar refractivity (Wildman–Crippen MR) is 99.2 cm³/mol. The van der Waals surface area contributed by atoms with E-state index in [0.29, 0.717) is 11.2 Å². The second kappa shape index (κ2) is 6.49. The number of fused-ring (bicyclic) bond motifs is 1. The maximum Gasteiger partial charge on any atom is 0.271 e. The van der Waals surface area contributed by atoms with Gasteiger partial charge in [0.05, 0.1) is 25.5 Å². The highest BCUT2D eigenvalue weighted by atomic mass is 32.1. The van der Waals surface area contributed by atoms with Crippen LogP contribution in [0.4, 0.5) is 0 Å². The molecule has 4 rings (SSSR count). The van der Waals surface area contributed by atoms with Gasteiger partial charge in [-0.1, -0.05) is 12.1 Å². The lowest BCUT2D eigenvalue weighted by Gasteiger charge is -2.06. The van der Waals surface area contributed by atoms with Crippen molar-refractivity contribution in [2.24, 2.45) is 0 Å². The van der Waals surface area contributed by atoms with Crippen LogP contribution in [0.5, 0.6) is 5.75 Å². The van der Waals surface area contributed by atoms with E-state index in [-0.39, 0.29) is 5.56 Å². The van der Waals surface area contributed by atoms with Crippen LogP contribution in [0, 0.1) is 0 Å². The van der Waals surface area contributed by atoms with Gasteiger partial charge in [0.1, 0.15) is 10.4 Å². The summed E-state index contributed by atoms with van der Waals surface area (Å²) in [4.78, 5) is 21.3. The van der Waals surface area contributed by atoms with Crippen LogP contribution in [0.15, 0.2) is 65.3 Å². The molecule has 0 bridgehead atoms. The van der Waals surface area contributed by atoms with Gasteiger partial charge < -0.3 is 4.74 Å². The molecule has 1 aromatic carbocycles. The first kappa shape index (κ1) is 15.5. The molecule has 0 saturated carbocycles. The second-order valence-corrected chi connectivity index (χ2v) is 6.47. The zero-order valence-corrected chi connectivity index (χ0v) is 14.4. The minimum atomic E-state index is -0.0217. The minimum Gasteiger partial charge on any atom is -0.497 e. The van der Waals surface area contributed by atoms with E-state index in [4.69, 9.17) is 4.74 Å². The van der Waals surface area contributed by atoms with E-state index < -0.39 is 0 Å². The van der Waals surface area contributed by atoms with Gasteiger partial charge >= 0.3 is 0 Å². The molecular formula is C19H15N3O2S. The number of hydrogen-bond acceptors (Lipinski definition) is 5. The number of hydrogen-bond donors (Lipinski definition) is 0. The summed E-state index contributed by atoms with van der Waals surface area (Å²) in [5.74, 6) is 0.802. The number of pyridine rings is 1. The SMILES string of the molecule is COc1ccc(-c2csc3c(=O)n(Cc4ccncc4)cnc23)cc1. The Morgan fingerprint density at radius 1 is 1.12 bits per heavy atom. The van der Waals surface area contributed by atoms with Gasteiger partial charge in [-0.3, -0.25) is 14.3 Å². The zero-order chi connectivity index (χ0) is 17.2. The standard InChI is InChI=1S/C19H15N3O2S/c1-24-15-4-2-14(3-5-15)16-11-25-18-17(16)21-12-22(19(18)23)10-13-6-8-20-9-7-13/h2-9,11-12H,10H2,1H3. The van der Waals surface area contributed by atoms with E-state index in [1.807, 2.05) is 41.8 Å². The van der Waals surface area contributed by atoms with Crippen molar-refractivity contribution in [3.63, 3.8) is 0 Å². The number of ether oxygens (including phenoxy) is 1. The lowest BCUT2D eigenvalue weighted by molar-refractivity contribution is 0.415. The van der Waals surface area contributed by atoms with E-state index in [1.54, 1.807) is 30.4 Å². The molecule has 25 heavy (non-hydrogen) atoms. The fraction of sp³-hybridized carbons (Fsp3) is 0.105. The van der Waals surface area contributed by atoms with Crippen LogP contribution < -0.4 is 10.3 Å². The van der Waals surface area contributed by atoms with Gasteiger partial charge in [-0.2, -0.15) is 0 Å². The van der Waals surface area contributed by atoms with Gasteiger partial charge in [-0.15, -0.1) is 11.3 Å². The van der Waals surface area contributed by atoms with Crippen LogP contribution in [0.25, 0.3) is 21.3 Å². The van der Waals surface area contributed by atoms with Crippen molar-refractivity contribution in [2.45, 2.75) is 6.54 Å². The van der Waals surface area contributed by atoms with Gasteiger partial charge in [0, 0.05) is 23.3 Å². The first-order valence-electron chi connectivity index (χ1n) is 7.76. The van der Waals surface area contributed by atoms with Crippen molar-refractivity contribution in [3.8, 4) is 16.9 Å². The molecule has 6 heteroatoms. The van der Waals surface area contributed by atoms with E-state index >= 15 is 0 Å². The molecule has 4 aromatic rings. The van der Waals surface area contributed by atoms with Crippen LogP contribution in [0.2, 0.25) is 0 Å². The lowest BCUT2D eigenvalue weighted by atomic mass is 10.1. The minimum absolute atomic E-state index is 0.0217. The van der Waals surface area contributed by atoms with Gasteiger partial charge in [0.2, 0.25) is 0 Å². The summed E-state index contributed by atoms with van der Waals surface area (Å²) in [5.41, 5.74) is 3.73. The van der Waals surface area contributed by atoms with Gasteiger partial charge in [0.15, 0.2) is 0 Å². The smallest absolute Gasteiger partial charge is 0.271 e. The molecule has 0 aliphatic rings. The maximum atomic E-state index is 12.8. The molecular weight excluding hydrogens is 334 g/mol. The van der Waals surface area contributed by atoms with Gasteiger partial charge in [-0.25, -0.2) is 4.98 Å². The molecule has 3 aromatic heterocycles. The van der Waals surface area contributed by atoms with Crippen molar-refractivity contribution in [3.05, 3.63) is 76.4 Å². The van der Waals surface area contributed by atoms with Crippen molar-refractivity contribution in [1.29, 1.82) is 0 Å². The van der Waals surface area contributed by atoms with Gasteiger partial charge in [0.25, 0.3) is 5.56 Å². The fourth-order valence-electron chi connectivity index (χ4n) is 2.71. The number of nitrogens with zero attached hydrogens (tertiary/aromatic N) is 3. The third kappa shape index (κ3) is 2.92. The molecule has 3 heterocycles. The summed E-state index contributed by atoms with van der Waals surface area (Å²) >= 11 is 1.43. The van der Waals surface area contributed by atoms with E-state index in [1.165, 1.54) is 11.3 Å². The van der Waals surface area contributed by atoms with Crippen LogP contribution in [-0.2, 0) is 6.54 Å². The molecule has 5 nitrogen and oxygen atoms in total. The first-order valence-corrected chi connectivity index (χ1v) is 8.64. The number of thiophene rings is 1. The Hall–Kier alpha value is -2.99. The molecule has 0 saturated heterocycles. The van der Waals surface area contributed by atoms with Crippen molar-refractivity contribution >= 4 is 21.6 Å². The topological polar surface area (TPSA) is 57.0 Å². The molecule has 0 N–H and O–H groups in total. The number of aromatic nitrogens is 3. The highest BCUT2D eigenvalue weighted by Crippen LogP contribution is 2.31. The second-order valence-electron chi connectivity index (χ2n) is 5.59. The average Bonchev–Trinajstić information content (AvgIpc) is 3.10. The quantitative estimate of drug-likeness (QED) is 0.565. The van der Waals surface area contributed by atoms with Crippen LogP contribution >= 0.6 is 11.3 Å². The molecule has 124 valence electrons. The number of benzene rings is 1. The largest absolute Gasteiger partial charge is 0.497 e. The molecule has 0 atom stereocenters. The Morgan fingerprint density at radius 3 is 2.60 bits per heavy atom. The summed E-state index contributed by atoms with van der Waals surface area (Å²) < 4.78 is 7.49. The normalized spacial score (nSPS) is 10.9. The number of rotatable bonds is 4. The summed E-state index contributed by atoms with van der Waals surface area (Å²) in [7, 11) is 1.64. The Labute approximate surface area is 148 Å². The van der Waals surface area contributed by atoms with Crippen molar-refractivity contribution < 1.29 is 4.74 Å². The third-order valence-electron chi connectivity index (χ3n) is 4.05. The average molecular weight is 349 g/mol. The van der Waals surface area contributed by atoms with Crippen LogP contribution in [-0.4, -0.2) is 21.6 Å². The Bertz CT molecular complexity index is 1070. The van der Waals surface area contributed by atoms with Crippen LogP contribution in [0.3, 0.4) is 0 Å². The summed E-state index contributed by atoms with van der Waals surface area (Å²) in [6.45, 7) is 0.486. The first-order chi connectivity index (χ1) is 12.3. The Balaban J connectivity index is 1.75. The monoisotopic (exact) mass is 349 g/mol. The molecule has 0 unspecified atom stereocenters.